The molecule has 130 valence electrons. The highest BCUT2D eigenvalue weighted by molar-refractivity contribution is 14.0. The fraction of sp³-hybridized carbons (Fsp3) is 0.562. The Kier molecular flexibility index (Phi) is 8.18. The summed E-state index contributed by atoms with van der Waals surface area (Å²) in [6.45, 7) is 4.27. The van der Waals surface area contributed by atoms with Gasteiger partial charge in [0.2, 0.25) is 0 Å². The third-order valence-corrected chi connectivity index (χ3v) is 3.87. The summed E-state index contributed by atoms with van der Waals surface area (Å²) in [5.74, 6) is -0.702. The van der Waals surface area contributed by atoms with Crippen LogP contribution < -0.4 is 11.1 Å². The fourth-order valence-corrected chi connectivity index (χ4v) is 2.47. The van der Waals surface area contributed by atoms with Gasteiger partial charge in [0.25, 0.3) is 0 Å². The zero-order chi connectivity index (χ0) is 16.0. The lowest BCUT2D eigenvalue weighted by molar-refractivity contribution is 0.145. The van der Waals surface area contributed by atoms with Gasteiger partial charge in [0.1, 0.15) is 11.6 Å². The van der Waals surface area contributed by atoms with Gasteiger partial charge in [-0.1, -0.05) is 6.07 Å². The molecule has 1 saturated carbocycles. The maximum atomic E-state index is 13.9. The Balaban J connectivity index is 0.00000264. The van der Waals surface area contributed by atoms with Gasteiger partial charge in [-0.25, -0.2) is 8.78 Å². The number of guanidine groups is 1. The molecule has 1 aliphatic carbocycles. The van der Waals surface area contributed by atoms with E-state index >= 15 is 0 Å². The van der Waals surface area contributed by atoms with Gasteiger partial charge in [0.05, 0.1) is 6.54 Å². The number of aliphatic imine (C=N–C) groups is 1. The van der Waals surface area contributed by atoms with E-state index in [4.69, 9.17) is 10.5 Å². The van der Waals surface area contributed by atoms with Crippen molar-refractivity contribution in [1.82, 2.24) is 5.32 Å². The zero-order valence-corrected chi connectivity index (χ0v) is 15.6. The van der Waals surface area contributed by atoms with Gasteiger partial charge in [-0.15, -0.1) is 24.0 Å². The van der Waals surface area contributed by atoms with Crippen LogP contribution in [0, 0.1) is 11.6 Å². The largest absolute Gasteiger partial charge is 0.382 e. The summed E-state index contributed by atoms with van der Waals surface area (Å²) < 4.78 is 33.0. The molecule has 0 amide bonds. The van der Waals surface area contributed by atoms with E-state index in [9.17, 15) is 8.78 Å². The maximum Gasteiger partial charge on any atom is 0.188 e. The lowest BCUT2D eigenvalue weighted by Crippen LogP contribution is -2.34. The average molecular weight is 439 g/mol. The van der Waals surface area contributed by atoms with Crippen LogP contribution in [0.5, 0.6) is 0 Å². The summed E-state index contributed by atoms with van der Waals surface area (Å²) in [5.41, 5.74) is 5.40. The molecule has 7 heteroatoms. The zero-order valence-electron chi connectivity index (χ0n) is 13.3. The third kappa shape index (κ3) is 5.56. The predicted octanol–water partition coefficient (Wildman–Crippen LogP) is 2.95. The van der Waals surface area contributed by atoms with Crippen molar-refractivity contribution in [2.45, 2.75) is 31.6 Å². The highest BCUT2D eigenvalue weighted by Gasteiger charge is 2.47. The van der Waals surface area contributed by atoms with Crippen molar-refractivity contribution in [3.63, 3.8) is 0 Å². The summed E-state index contributed by atoms with van der Waals surface area (Å²) in [6.07, 6.45) is 2.29. The van der Waals surface area contributed by atoms with Crippen LogP contribution in [0.1, 0.15) is 31.7 Å². The first-order valence-electron chi connectivity index (χ1n) is 7.65. The predicted molar refractivity (Wildman–Crippen MR) is 98.3 cm³/mol. The topological polar surface area (TPSA) is 59.6 Å². The third-order valence-electron chi connectivity index (χ3n) is 3.87. The van der Waals surface area contributed by atoms with Crippen LogP contribution >= 0.6 is 24.0 Å². The number of halogens is 3. The molecule has 0 aromatic heterocycles. The van der Waals surface area contributed by atoms with Crippen LogP contribution in [0.3, 0.4) is 0 Å². The molecular formula is C16H24F2IN3O. The SMILES string of the molecule is CCOCCCNC(N)=NCC1(c2c(F)cccc2F)CC1.I. The molecule has 1 fully saturated rings. The van der Waals surface area contributed by atoms with Crippen molar-refractivity contribution in [3.05, 3.63) is 35.4 Å². The Labute approximate surface area is 152 Å². The van der Waals surface area contributed by atoms with E-state index in [1.807, 2.05) is 6.92 Å². The lowest BCUT2D eigenvalue weighted by atomic mass is 9.95. The number of ether oxygens (including phenoxy) is 1. The van der Waals surface area contributed by atoms with Crippen molar-refractivity contribution >= 4 is 29.9 Å². The van der Waals surface area contributed by atoms with E-state index in [0.717, 1.165) is 19.3 Å². The minimum atomic E-state index is -0.535. The van der Waals surface area contributed by atoms with Crippen molar-refractivity contribution in [2.75, 3.05) is 26.3 Å². The first kappa shape index (κ1) is 20.1. The van der Waals surface area contributed by atoms with Crippen molar-refractivity contribution in [2.24, 2.45) is 10.7 Å². The summed E-state index contributed by atoms with van der Waals surface area (Å²) in [5, 5.41) is 2.98. The van der Waals surface area contributed by atoms with Crippen LogP contribution in [0.4, 0.5) is 8.78 Å². The number of nitrogens with zero attached hydrogens (tertiary/aromatic N) is 1. The molecule has 1 aromatic carbocycles. The van der Waals surface area contributed by atoms with E-state index < -0.39 is 17.0 Å². The molecule has 1 aromatic rings. The molecule has 0 heterocycles. The van der Waals surface area contributed by atoms with Crippen molar-refractivity contribution in [1.29, 1.82) is 0 Å². The highest BCUT2D eigenvalue weighted by atomic mass is 127. The second-order valence-electron chi connectivity index (χ2n) is 5.56. The van der Waals surface area contributed by atoms with E-state index in [1.54, 1.807) is 0 Å². The van der Waals surface area contributed by atoms with Gasteiger partial charge in [0, 0.05) is 30.7 Å². The average Bonchev–Trinajstić information content (AvgIpc) is 3.26. The number of nitrogens with one attached hydrogen (secondary N) is 1. The Morgan fingerprint density at radius 3 is 2.57 bits per heavy atom. The fourth-order valence-electron chi connectivity index (χ4n) is 2.47. The van der Waals surface area contributed by atoms with E-state index in [0.29, 0.717) is 32.3 Å². The van der Waals surface area contributed by atoms with E-state index in [-0.39, 0.29) is 29.5 Å². The van der Waals surface area contributed by atoms with E-state index in [2.05, 4.69) is 10.3 Å². The molecule has 23 heavy (non-hydrogen) atoms. The molecule has 3 N–H and O–H groups in total. The molecule has 0 radical (unpaired) electrons. The molecule has 0 bridgehead atoms. The van der Waals surface area contributed by atoms with E-state index in [1.165, 1.54) is 18.2 Å². The smallest absolute Gasteiger partial charge is 0.188 e. The molecule has 0 atom stereocenters. The molecule has 0 aliphatic heterocycles. The van der Waals surface area contributed by atoms with Crippen molar-refractivity contribution < 1.29 is 13.5 Å². The standard InChI is InChI=1S/C16H23F2N3O.HI/c1-2-22-10-4-9-20-15(19)21-11-16(7-8-16)14-12(17)5-3-6-13(14)18;/h3,5-6H,2,4,7-11H2,1H3,(H3,19,20,21);1H. The number of nitrogens with two attached hydrogens (primary N) is 1. The maximum absolute atomic E-state index is 13.9. The lowest BCUT2D eigenvalue weighted by Gasteiger charge is -2.15. The Morgan fingerprint density at radius 1 is 1.35 bits per heavy atom. The van der Waals surface area contributed by atoms with Crippen LogP contribution in [-0.2, 0) is 10.2 Å². The minimum Gasteiger partial charge on any atom is -0.382 e. The van der Waals surface area contributed by atoms with Gasteiger partial charge in [-0.05, 0) is 38.3 Å². The minimum absolute atomic E-state index is 0. The molecule has 2 rings (SSSR count). The normalized spacial score (nSPS) is 15.9. The van der Waals surface area contributed by atoms with Gasteiger partial charge in [-0.2, -0.15) is 0 Å². The van der Waals surface area contributed by atoms with Gasteiger partial charge in [0.15, 0.2) is 5.96 Å². The summed E-state index contributed by atoms with van der Waals surface area (Å²) >= 11 is 0. The first-order valence-corrected chi connectivity index (χ1v) is 7.65. The Morgan fingerprint density at radius 2 is 2.00 bits per heavy atom. The number of benzene rings is 1. The molecule has 0 saturated heterocycles. The van der Waals surface area contributed by atoms with Crippen LogP contribution in [0.25, 0.3) is 0 Å². The molecule has 0 spiro atoms. The van der Waals surface area contributed by atoms with Crippen LogP contribution in [0.2, 0.25) is 0 Å². The number of hydrogen-bond donors (Lipinski definition) is 2. The molecule has 4 nitrogen and oxygen atoms in total. The summed E-state index contributed by atoms with van der Waals surface area (Å²) in [6, 6.07) is 3.96. The Bertz CT molecular complexity index is 516. The molecule has 0 unspecified atom stereocenters. The van der Waals surface area contributed by atoms with Crippen molar-refractivity contribution in [3.8, 4) is 0 Å². The monoisotopic (exact) mass is 439 g/mol. The van der Waals surface area contributed by atoms with Crippen LogP contribution in [-0.4, -0.2) is 32.3 Å². The number of rotatable bonds is 8. The second kappa shape index (κ2) is 9.36. The second-order valence-corrected chi connectivity index (χ2v) is 5.56. The van der Waals surface area contributed by atoms with Crippen LogP contribution in [0.15, 0.2) is 23.2 Å². The number of hydrogen-bond acceptors (Lipinski definition) is 2. The quantitative estimate of drug-likeness (QED) is 0.284. The highest BCUT2D eigenvalue weighted by Crippen LogP contribution is 2.50. The Hall–Kier alpha value is -0.960. The van der Waals surface area contributed by atoms with Gasteiger partial charge in [-0.3, -0.25) is 4.99 Å². The van der Waals surface area contributed by atoms with Gasteiger partial charge >= 0.3 is 0 Å². The summed E-state index contributed by atoms with van der Waals surface area (Å²) in [4.78, 5) is 4.24. The molecular weight excluding hydrogens is 415 g/mol. The van der Waals surface area contributed by atoms with Gasteiger partial charge < -0.3 is 15.8 Å². The first-order chi connectivity index (χ1) is 10.6. The molecule has 1 aliphatic rings. The summed E-state index contributed by atoms with van der Waals surface area (Å²) in [7, 11) is 0.